The number of rotatable bonds is 5. The number of nitrogens with one attached hydrogen (secondary N) is 2. The number of halogens is 2. The summed E-state index contributed by atoms with van der Waals surface area (Å²) in [5, 5.41) is 2.61. The van der Waals surface area contributed by atoms with Crippen molar-refractivity contribution in [1.29, 1.82) is 0 Å². The first-order valence-corrected chi connectivity index (χ1v) is 8.53. The molecular weight excluding hydrogens is 400 g/mol. The Morgan fingerprint density at radius 3 is 2.47 bits per heavy atom. The minimum atomic E-state index is -3.72. The summed E-state index contributed by atoms with van der Waals surface area (Å²) in [6.45, 7) is 3.32. The lowest BCUT2D eigenvalue weighted by Crippen LogP contribution is -2.39. The van der Waals surface area contributed by atoms with Crippen LogP contribution >= 0.6 is 31.9 Å². The zero-order chi connectivity index (χ0) is 14.6. The standard InChI is InChI=1S/C11H14Br2N2O3S/c1-7(2)15-11(16)6-14-19(17,18)10-4-3-8(12)5-9(10)13/h3-5,7,14H,6H2,1-2H3,(H,15,16). The number of sulfonamides is 1. The number of carbonyl (C=O) groups excluding carboxylic acids is 1. The molecule has 1 aromatic carbocycles. The maximum Gasteiger partial charge on any atom is 0.242 e. The number of carbonyl (C=O) groups is 1. The maximum absolute atomic E-state index is 12.0. The summed E-state index contributed by atoms with van der Waals surface area (Å²) in [4.78, 5) is 11.5. The molecule has 1 rings (SSSR count). The largest absolute Gasteiger partial charge is 0.353 e. The third kappa shape index (κ3) is 5.21. The smallest absolute Gasteiger partial charge is 0.242 e. The summed E-state index contributed by atoms with van der Waals surface area (Å²) in [5.41, 5.74) is 0. The van der Waals surface area contributed by atoms with Gasteiger partial charge in [-0.05, 0) is 48.0 Å². The number of hydrogen-bond acceptors (Lipinski definition) is 3. The van der Waals surface area contributed by atoms with Crippen LogP contribution in [0.5, 0.6) is 0 Å². The van der Waals surface area contributed by atoms with Crippen molar-refractivity contribution < 1.29 is 13.2 Å². The van der Waals surface area contributed by atoms with E-state index in [9.17, 15) is 13.2 Å². The first-order valence-electron chi connectivity index (χ1n) is 5.46. The van der Waals surface area contributed by atoms with Crippen LogP contribution in [-0.4, -0.2) is 26.9 Å². The highest BCUT2D eigenvalue weighted by molar-refractivity contribution is 9.11. The lowest BCUT2D eigenvalue weighted by Gasteiger charge is -2.11. The molecule has 1 aromatic rings. The zero-order valence-electron chi connectivity index (χ0n) is 10.4. The van der Waals surface area contributed by atoms with Gasteiger partial charge in [0.2, 0.25) is 15.9 Å². The van der Waals surface area contributed by atoms with Gasteiger partial charge in [-0.2, -0.15) is 0 Å². The van der Waals surface area contributed by atoms with Crippen molar-refractivity contribution in [3.63, 3.8) is 0 Å². The molecule has 0 unspecified atom stereocenters. The molecular formula is C11H14Br2N2O3S. The van der Waals surface area contributed by atoms with Crippen LogP contribution in [0.15, 0.2) is 32.0 Å². The number of amides is 1. The second kappa shape index (κ2) is 6.83. The second-order valence-corrected chi connectivity index (χ2v) is 7.63. The van der Waals surface area contributed by atoms with Gasteiger partial charge in [-0.15, -0.1) is 0 Å². The van der Waals surface area contributed by atoms with Gasteiger partial charge in [0.1, 0.15) is 0 Å². The Kier molecular flexibility index (Phi) is 5.97. The summed E-state index contributed by atoms with van der Waals surface area (Å²) >= 11 is 6.42. The molecule has 0 aliphatic heterocycles. The lowest BCUT2D eigenvalue weighted by molar-refractivity contribution is -0.120. The summed E-state index contributed by atoms with van der Waals surface area (Å²) in [6, 6.07) is 4.67. The number of hydrogen-bond donors (Lipinski definition) is 2. The van der Waals surface area contributed by atoms with Crippen molar-refractivity contribution in [3.05, 3.63) is 27.1 Å². The van der Waals surface area contributed by atoms with E-state index in [4.69, 9.17) is 0 Å². The topological polar surface area (TPSA) is 75.3 Å². The van der Waals surface area contributed by atoms with Gasteiger partial charge in [0, 0.05) is 15.0 Å². The lowest BCUT2D eigenvalue weighted by atomic mass is 10.4. The average molecular weight is 414 g/mol. The molecule has 0 radical (unpaired) electrons. The predicted molar refractivity (Wildman–Crippen MR) is 80.3 cm³/mol. The molecule has 0 bridgehead atoms. The maximum atomic E-state index is 12.0. The van der Waals surface area contributed by atoms with Crippen LogP contribution in [0.4, 0.5) is 0 Å². The Morgan fingerprint density at radius 2 is 1.95 bits per heavy atom. The normalized spacial score (nSPS) is 11.6. The molecule has 106 valence electrons. The van der Waals surface area contributed by atoms with E-state index in [-0.39, 0.29) is 23.4 Å². The molecule has 0 aliphatic carbocycles. The van der Waals surface area contributed by atoms with Gasteiger partial charge < -0.3 is 5.32 Å². The fourth-order valence-corrected chi connectivity index (χ4v) is 4.03. The number of benzene rings is 1. The van der Waals surface area contributed by atoms with Crippen LogP contribution in [0.25, 0.3) is 0 Å². The quantitative estimate of drug-likeness (QED) is 0.775. The first kappa shape index (κ1) is 16.6. The van der Waals surface area contributed by atoms with Crippen LogP contribution in [0.1, 0.15) is 13.8 Å². The molecule has 0 saturated carbocycles. The molecule has 0 fully saturated rings. The molecule has 0 aliphatic rings. The molecule has 0 saturated heterocycles. The average Bonchev–Trinajstić information content (AvgIpc) is 2.25. The molecule has 2 N–H and O–H groups in total. The molecule has 8 heteroatoms. The van der Waals surface area contributed by atoms with Gasteiger partial charge in [0.25, 0.3) is 0 Å². The van der Waals surface area contributed by atoms with Crippen LogP contribution < -0.4 is 10.0 Å². The highest BCUT2D eigenvalue weighted by Gasteiger charge is 2.18. The van der Waals surface area contributed by atoms with Crippen molar-refractivity contribution in [1.82, 2.24) is 10.0 Å². The van der Waals surface area contributed by atoms with Gasteiger partial charge in [-0.3, -0.25) is 4.79 Å². The minimum absolute atomic E-state index is 0.0311. The Balaban J connectivity index is 2.79. The predicted octanol–water partition coefficient (Wildman–Crippen LogP) is 2.01. The molecule has 0 heterocycles. The van der Waals surface area contributed by atoms with Crippen LogP contribution in [0.3, 0.4) is 0 Å². The molecule has 1 amide bonds. The molecule has 5 nitrogen and oxygen atoms in total. The summed E-state index contributed by atoms with van der Waals surface area (Å²) in [5.74, 6) is -0.369. The Bertz CT molecular complexity index is 573. The summed E-state index contributed by atoms with van der Waals surface area (Å²) in [6.07, 6.45) is 0. The van der Waals surface area contributed by atoms with E-state index in [1.165, 1.54) is 6.07 Å². The van der Waals surface area contributed by atoms with Crippen molar-refractivity contribution >= 4 is 47.8 Å². The molecule has 0 spiro atoms. The van der Waals surface area contributed by atoms with E-state index < -0.39 is 10.0 Å². The van der Waals surface area contributed by atoms with E-state index in [2.05, 4.69) is 41.9 Å². The molecule has 19 heavy (non-hydrogen) atoms. The SMILES string of the molecule is CC(C)NC(=O)CNS(=O)(=O)c1ccc(Br)cc1Br. The Labute approximate surface area is 129 Å². The third-order valence-corrected chi connectivity index (χ3v) is 4.93. The first-order chi connectivity index (χ1) is 8.72. The third-order valence-electron chi connectivity index (χ3n) is 2.06. The van der Waals surface area contributed by atoms with E-state index in [0.29, 0.717) is 4.47 Å². The van der Waals surface area contributed by atoms with Gasteiger partial charge in [-0.25, -0.2) is 13.1 Å². The fourth-order valence-electron chi connectivity index (χ4n) is 1.30. The Morgan fingerprint density at radius 1 is 1.32 bits per heavy atom. The van der Waals surface area contributed by atoms with E-state index >= 15 is 0 Å². The molecule has 0 aromatic heterocycles. The van der Waals surface area contributed by atoms with Gasteiger partial charge in [0.05, 0.1) is 11.4 Å². The van der Waals surface area contributed by atoms with E-state index in [1.807, 2.05) is 0 Å². The highest BCUT2D eigenvalue weighted by Crippen LogP contribution is 2.25. The highest BCUT2D eigenvalue weighted by atomic mass is 79.9. The van der Waals surface area contributed by atoms with Crippen molar-refractivity contribution in [3.8, 4) is 0 Å². The monoisotopic (exact) mass is 412 g/mol. The van der Waals surface area contributed by atoms with Crippen molar-refractivity contribution in [2.24, 2.45) is 0 Å². The van der Waals surface area contributed by atoms with Gasteiger partial charge in [0.15, 0.2) is 0 Å². The van der Waals surface area contributed by atoms with Gasteiger partial charge in [-0.1, -0.05) is 15.9 Å². The van der Waals surface area contributed by atoms with Crippen LogP contribution in [-0.2, 0) is 14.8 Å². The van der Waals surface area contributed by atoms with E-state index in [0.717, 1.165) is 4.47 Å². The van der Waals surface area contributed by atoms with E-state index in [1.54, 1.807) is 26.0 Å². The summed E-state index contributed by atoms with van der Waals surface area (Å²) < 4.78 is 27.5. The van der Waals surface area contributed by atoms with Gasteiger partial charge >= 0.3 is 0 Å². The summed E-state index contributed by atoms with van der Waals surface area (Å²) in [7, 11) is -3.72. The minimum Gasteiger partial charge on any atom is -0.353 e. The van der Waals surface area contributed by atoms with Crippen molar-refractivity contribution in [2.45, 2.75) is 24.8 Å². The molecule has 0 atom stereocenters. The Hall–Kier alpha value is -0.440. The second-order valence-electron chi connectivity index (χ2n) is 4.12. The van der Waals surface area contributed by atoms with Crippen molar-refractivity contribution in [2.75, 3.05) is 6.54 Å². The van der Waals surface area contributed by atoms with Crippen LogP contribution in [0.2, 0.25) is 0 Å². The zero-order valence-corrected chi connectivity index (χ0v) is 14.4. The van der Waals surface area contributed by atoms with Crippen LogP contribution in [0, 0.1) is 0 Å². The fraction of sp³-hybridized carbons (Fsp3) is 0.364.